The molecule has 1 amide bonds. The summed E-state index contributed by atoms with van der Waals surface area (Å²) < 4.78 is 7.06. The monoisotopic (exact) mass is 267 g/mol. The summed E-state index contributed by atoms with van der Waals surface area (Å²) in [5.74, 6) is -0.151. The zero-order chi connectivity index (χ0) is 13.7. The Morgan fingerprint density at radius 1 is 1.53 bits per heavy atom. The molecule has 1 aliphatic heterocycles. The molecule has 6 heteroatoms. The number of β-amino-alcohol motifs (C(OH)–C–C–N with tert-alkyl or cyclic N) is 1. The largest absolute Gasteiger partial charge is 0.390 e. The van der Waals surface area contributed by atoms with Gasteiger partial charge in [-0.1, -0.05) is 0 Å². The highest BCUT2D eigenvalue weighted by molar-refractivity contribution is 5.93. The van der Waals surface area contributed by atoms with Crippen LogP contribution in [0.4, 0.5) is 0 Å². The van der Waals surface area contributed by atoms with Crippen molar-refractivity contribution < 1.29 is 14.6 Å². The summed E-state index contributed by atoms with van der Waals surface area (Å²) in [4.78, 5) is 13.9. The van der Waals surface area contributed by atoms with Gasteiger partial charge in [0, 0.05) is 45.6 Å². The van der Waals surface area contributed by atoms with Crippen LogP contribution in [-0.4, -0.2) is 66.0 Å². The highest BCUT2D eigenvalue weighted by Gasteiger charge is 2.15. The number of morpholine rings is 1. The molecule has 106 valence electrons. The van der Waals surface area contributed by atoms with Crippen molar-refractivity contribution in [1.29, 1.82) is 0 Å². The van der Waals surface area contributed by atoms with Crippen LogP contribution in [0.5, 0.6) is 0 Å². The van der Waals surface area contributed by atoms with Crippen LogP contribution in [0.3, 0.4) is 0 Å². The summed E-state index contributed by atoms with van der Waals surface area (Å²) in [6.07, 6.45) is 3.02. The molecule has 2 rings (SSSR count). The van der Waals surface area contributed by atoms with Gasteiger partial charge in [0.05, 0.1) is 24.9 Å². The first-order chi connectivity index (χ1) is 9.15. The van der Waals surface area contributed by atoms with Crippen molar-refractivity contribution in [3.05, 3.63) is 24.0 Å². The Balaban J connectivity index is 1.70. The topological polar surface area (TPSA) is 66.7 Å². The summed E-state index contributed by atoms with van der Waals surface area (Å²) in [7, 11) is 1.87. The molecule has 0 bridgehead atoms. The van der Waals surface area contributed by atoms with Crippen LogP contribution in [0.25, 0.3) is 0 Å². The van der Waals surface area contributed by atoms with E-state index in [0.29, 0.717) is 25.3 Å². The number of aromatic nitrogens is 1. The molecule has 1 aromatic rings. The molecule has 19 heavy (non-hydrogen) atoms. The Morgan fingerprint density at radius 2 is 2.26 bits per heavy atom. The minimum Gasteiger partial charge on any atom is -0.390 e. The predicted octanol–water partition coefficient (Wildman–Crippen LogP) is -0.552. The van der Waals surface area contributed by atoms with Gasteiger partial charge in [0.25, 0.3) is 5.91 Å². The molecule has 1 atom stereocenters. The second-order valence-electron chi connectivity index (χ2n) is 4.84. The van der Waals surface area contributed by atoms with Crippen molar-refractivity contribution in [1.82, 2.24) is 14.8 Å². The van der Waals surface area contributed by atoms with Gasteiger partial charge in [-0.25, -0.2) is 0 Å². The van der Waals surface area contributed by atoms with Crippen LogP contribution in [0.15, 0.2) is 18.5 Å². The van der Waals surface area contributed by atoms with Gasteiger partial charge >= 0.3 is 0 Å². The molecule has 1 aromatic heterocycles. The van der Waals surface area contributed by atoms with E-state index in [9.17, 15) is 9.90 Å². The second-order valence-corrected chi connectivity index (χ2v) is 4.84. The molecule has 6 nitrogen and oxygen atoms in total. The zero-order valence-electron chi connectivity index (χ0n) is 11.2. The third-order valence-corrected chi connectivity index (χ3v) is 3.17. The normalized spacial score (nSPS) is 18.2. The lowest BCUT2D eigenvalue weighted by atomic mass is 10.2. The van der Waals surface area contributed by atoms with Gasteiger partial charge in [0.15, 0.2) is 0 Å². The highest BCUT2D eigenvalue weighted by Crippen LogP contribution is 2.00. The van der Waals surface area contributed by atoms with Crippen LogP contribution in [-0.2, 0) is 11.8 Å². The van der Waals surface area contributed by atoms with Crippen LogP contribution >= 0.6 is 0 Å². The summed E-state index contributed by atoms with van der Waals surface area (Å²) in [6, 6.07) is 1.75. The fraction of sp³-hybridized carbons (Fsp3) is 0.615. The van der Waals surface area contributed by atoms with Crippen LogP contribution < -0.4 is 5.32 Å². The fourth-order valence-electron chi connectivity index (χ4n) is 2.10. The summed E-state index contributed by atoms with van der Waals surface area (Å²) >= 11 is 0. The van der Waals surface area contributed by atoms with Crippen molar-refractivity contribution >= 4 is 5.91 Å². The molecule has 1 aliphatic rings. The molecular weight excluding hydrogens is 246 g/mol. The molecule has 1 saturated heterocycles. The van der Waals surface area contributed by atoms with E-state index in [0.717, 1.165) is 13.1 Å². The minimum absolute atomic E-state index is 0.151. The Kier molecular flexibility index (Phi) is 4.95. The first kappa shape index (κ1) is 14.0. The predicted molar refractivity (Wildman–Crippen MR) is 71.0 cm³/mol. The van der Waals surface area contributed by atoms with Gasteiger partial charge in [0.2, 0.25) is 0 Å². The van der Waals surface area contributed by atoms with E-state index in [2.05, 4.69) is 10.2 Å². The summed E-state index contributed by atoms with van der Waals surface area (Å²) in [6.45, 7) is 3.93. The van der Waals surface area contributed by atoms with Gasteiger partial charge in [-0.15, -0.1) is 0 Å². The number of nitrogens with one attached hydrogen (secondary N) is 1. The Labute approximate surface area is 113 Å². The Morgan fingerprint density at radius 3 is 2.89 bits per heavy atom. The number of rotatable bonds is 5. The number of aliphatic hydroxyl groups is 1. The number of carbonyl (C=O) groups is 1. The third kappa shape index (κ3) is 4.34. The number of aryl methyl sites for hydroxylation is 1. The molecule has 0 saturated carbocycles. The first-order valence-electron chi connectivity index (χ1n) is 6.53. The fourth-order valence-corrected chi connectivity index (χ4v) is 2.10. The van der Waals surface area contributed by atoms with E-state index in [-0.39, 0.29) is 12.5 Å². The average molecular weight is 267 g/mol. The maximum absolute atomic E-state index is 11.8. The zero-order valence-corrected chi connectivity index (χ0v) is 11.2. The van der Waals surface area contributed by atoms with E-state index >= 15 is 0 Å². The van der Waals surface area contributed by atoms with E-state index < -0.39 is 6.10 Å². The molecule has 2 heterocycles. The van der Waals surface area contributed by atoms with Gasteiger partial charge in [-0.3, -0.25) is 9.69 Å². The van der Waals surface area contributed by atoms with Crippen LogP contribution in [0.1, 0.15) is 10.4 Å². The molecule has 0 aliphatic carbocycles. The SMILES string of the molecule is Cn1ccc(C(=O)NC[C@H](O)CN2CCOCC2)c1. The van der Waals surface area contributed by atoms with E-state index in [1.165, 1.54) is 0 Å². The van der Waals surface area contributed by atoms with Gasteiger partial charge < -0.3 is 19.7 Å². The molecule has 0 unspecified atom stereocenters. The molecule has 2 N–H and O–H groups in total. The number of carbonyl (C=O) groups excluding carboxylic acids is 1. The third-order valence-electron chi connectivity index (χ3n) is 3.17. The van der Waals surface area contributed by atoms with Crippen molar-refractivity contribution in [3.8, 4) is 0 Å². The Hall–Kier alpha value is -1.37. The van der Waals surface area contributed by atoms with Crippen molar-refractivity contribution in [2.45, 2.75) is 6.10 Å². The van der Waals surface area contributed by atoms with Crippen molar-refractivity contribution in [2.75, 3.05) is 39.4 Å². The lowest BCUT2D eigenvalue weighted by molar-refractivity contribution is 0.0149. The van der Waals surface area contributed by atoms with E-state index in [1.54, 1.807) is 12.3 Å². The standard InChI is InChI=1S/C13H21N3O3/c1-15-3-2-11(9-15)13(18)14-8-12(17)10-16-4-6-19-7-5-16/h2-3,9,12,17H,4-8,10H2,1H3,(H,14,18)/t12-/m0/s1. The van der Waals surface area contributed by atoms with Gasteiger partial charge in [-0.05, 0) is 6.07 Å². The maximum Gasteiger partial charge on any atom is 0.252 e. The number of aliphatic hydroxyl groups excluding tert-OH is 1. The van der Waals surface area contributed by atoms with Crippen molar-refractivity contribution in [3.63, 3.8) is 0 Å². The number of nitrogens with zero attached hydrogens (tertiary/aromatic N) is 2. The quantitative estimate of drug-likeness (QED) is 0.751. The van der Waals surface area contributed by atoms with Gasteiger partial charge in [0.1, 0.15) is 0 Å². The lowest BCUT2D eigenvalue weighted by Crippen LogP contribution is -2.44. The number of hydrogen-bond acceptors (Lipinski definition) is 4. The maximum atomic E-state index is 11.8. The summed E-state index contributed by atoms with van der Waals surface area (Å²) in [5, 5.41) is 12.6. The first-order valence-corrected chi connectivity index (χ1v) is 6.53. The lowest BCUT2D eigenvalue weighted by Gasteiger charge is -2.28. The summed E-state index contributed by atoms with van der Waals surface area (Å²) in [5.41, 5.74) is 0.612. The minimum atomic E-state index is -0.550. The molecular formula is C13H21N3O3. The number of hydrogen-bond donors (Lipinski definition) is 2. The number of ether oxygens (including phenoxy) is 1. The molecule has 0 spiro atoms. The highest BCUT2D eigenvalue weighted by atomic mass is 16.5. The van der Waals surface area contributed by atoms with E-state index in [1.807, 2.05) is 17.8 Å². The second kappa shape index (κ2) is 6.70. The molecule has 1 fully saturated rings. The average Bonchev–Trinajstić information content (AvgIpc) is 2.84. The van der Waals surface area contributed by atoms with Crippen molar-refractivity contribution in [2.24, 2.45) is 7.05 Å². The van der Waals surface area contributed by atoms with Gasteiger partial charge in [-0.2, -0.15) is 0 Å². The number of amides is 1. The molecule has 0 radical (unpaired) electrons. The molecule has 0 aromatic carbocycles. The smallest absolute Gasteiger partial charge is 0.252 e. The van der Waals surface area contributed by atoms with Crippen LogP contribution in [0, 0.1) is 0 Å². The van der Waals surface area contributed by atoms with Crippen LogP contribution in [0.2, 0.25) is 0 Å². The Bertz CT molecular complexity index is 413. The van der Waals surface area contributed by atoms with E-state index in [4.69, 9.17) is 4.74 Å².